The number of rotatable bonds is 10. The smallest absolute Gasteiger partial charge is 0.306 e. The second-order valence-corrected chi connectivity index (χ2v) is 5.89. The Bertz CT molecular complexity index is 816. The fourth-order valence-corrected chi connectivity index (χ4v) is 2.27. The maximum atomic E-state index is 11.9. The molecule has 0 unspecified atom stereocenters. The summed E-state index contributed by atoms with van der Waals surface area (Å²) >= 11 is 0. The number of carbonyl (C=O) groups is 3. The molecule has 0 bridgehead atoms. The standard InChI is InChI=1S/C21H23NO7/c1-26-16-7-5-15(6-8-16)21(25)22-19(23)14-29-20(24)4-3-13-28-18-11-9-17(27-2)10-12-18/h5-12H,3-4,13-14H2,1-2H3,(H,22,23,25). The van der Waals surface area contributed by atoms with E-state index in [9.17, 15) is 14.4 Å². The number of amides is 2. The number of hydrogen-bond donors (Lipinski definition) is 1. The van der Waals surface area contributed by atoms with Crippen molar-refractivity contribution in [3.8, 4) is 17.2 Å². The molecule has 2 rings (SSSR count). The van der Waals surface area contributed by atoms with Crippen molar-refractivity contribution < 1.29 is 33.3 Å². The van der Waals surface area contributed by atoms with Crippen LogP contribution in [0.3, 0.4) is 0 Å². The van der Waals surface area contributed by atoms with Gasteiger partial charge >= 0.3 is 5.97 Å². The van der Waals surface area contributed by atoms with Gasteiger partial charge in [-0.05, 0) is 55.0 Å². The van der Waals surface area contributed by atoms with Gasteiger partial charge in [-0.15, -0.1) is 0 Å². The number of ether oxygens (including phenoxy) is 4. The highest BCUT2D eigenvalue weighted by Crippen LogP contribution is 2.17. The molecule has 1 N–H and O–H groups in total. The first-order valence-corrected chi connectivity index (χ1v) is 8.92. The molecule has 0 aromatic heterocycles. The van der Waals surface area contributed by atoms with Gasteiger partial charge in [0.15, 0.2) is 6.61 Å². The van der Waals surface area contributed by atoms with Gasteiger partial charge in [-0.2, -0.15) is 0 Å². The molecule has 8 nitrogen and oxygen atoms in total. The van der Waals surface area contributed by atoms with E-state index in [2.05, 4.69) is 5.32 Å². The summed E-state index contributed by atoms with van der Waals surface area (Å²) in [4.78, 5) is 35.4. The zero-order chi connectivity index (χ0) is 21.1. The summed E-state index contributed by atoms with van der Waals surface area (Å²) in [6.45, 7) is -0.205. The summed E-state index contributed by atoms with van der Waals surface area (Å²) in [5.74, 6) is 0.156. The number of hydrogen-bond acceptors (Lipinski definition) is 7. The van der Waals surface area contributed by atoms with Gasteiger partial charge in [0.05, 0.1) is 20.8 Å². The van der Waals surface area contributed by atoms with Crippen molar-refractivity contribution in [2.24, 2.45) is 0 Å². The minimum Gasteiger partial charge on any atom is -0.497 e. The van der Waals surface area contributed by atoms with Crippen molar-refractivity contribution in [1.29, 1.82) is 0 Å². The fourth-order valence-electron chi connectivity index (χ4n) is 2.27. The molecule has 0 radical (unpaired) electrons. The molecule has 2 aromatic rings. The summed E-state index contributed by atoms with van der Waals surface area (Å²) in [7, 11) is 3.09. The van der Waals surface area contributed by atoms with Crippen LogP contribution in [0.25, 0.3) is 0 Å². The van der Waals surface area contributed by atoms with E-state index >= 15 is 0 Å². The number of esters is 1. The molecular weight excluding hydrogens is 378 g/mol. The molecule has 0 aliphatic heterocycles. The van der Waals surface area contributed by atoms with Gasteiger partial charge in [-0.3, -0.25) is 19.7 Å². The first-order valence-electron chi connectivity index (χ1n) is 8.92. The number of benzene rings is 2. The van der Waals surface area contributed by atoms with Crippen LogP contribution in [0.2, 0.25) is 0 Å². The van der Waals surface area contributed by atoms with E-state index in [-0.39, 0.29) is 6.42 Å². The highest BCUT2D eigenvalue weighted by atomic mass is 16.5. The molecule has 0 spiro atoms. The van der Waals surface area contributed by atoms with Gasteiger partial charge in [0.25, 0.3) is 11.8 Å². The topological polar surface area (TPSA) is 100 Å². The fraction of sp³-hybridized carbons (Fsp3) is 0.286. The van der Waals surface area contributed by atoms with Crippen LogP contribution >= 0.6 is 0 Å². The van der Waals surface area contributed by atoms with Gasteiger partial charge < -0.3 is 18.9 Å². The molecule has 0 heterocycles. The van der Waals surface area contributed by atoms with Gasteiger partial charge in [0.2, 0.25) is 0 Å². The minimum absolute atomic E-state index is 0.0931. The van der Waals surface area contributed by atoms with E-state index in [0.717, 1.165) is 5.75 Å². The third-order valence-corrected chi connectivity index (χ3v) is 3.82. The molecule has 0 aliphatic carbocycles. The van der Waals surface area contributed by atoms with Crippen LogP contribution in [0.5, 0.6) is 17.2 Å². The minimum atomic E-state index is -0.700. The highest BCUT2D eigenvalue weighted by Gasteiger charge is 2.12. The number of carbonyl (C=O) groups excluding carboxylic acids is 3. The Morgan fingerprint density at radius 3 is 1.97 bits per heavy atom. The SMILES string of the molecule is COc1ccc(OCCCC(=O)OCC(=O)NC(=O)c2ccc(OC)cc2)cc1. The third-order valence-electron chi connectivity index (χ3n) is 3.82. The van der Waals surface area contributed by atoms with Crippen molar-refractivity contribution in [3.05, 3.63) is 54.1 Å². The molecular formula is C21H23NO7. The van der Waals surface area contributed by atoms with Crippen LogP contribution in [0.4, 0.5) is 0 Å². The zero-order valence-electron chi connectivity index (χ0n) is 16.3. The molecule has 2 amide bonds. The van der Waals surface area contributed by atoms with E-state index in [1.807, 2.05) is 0 Å². The van der Waals surface area contributed by atoms with Crippen molar-refractivity contribution >= 4 is 17.8 Å². The van der Waals surface area contributed by atoms with E-state index in [1.165, 1.54) is 19.2 Å². The second kappa shape index (κ2) is 11.3. The number of nitrogens with one attached hydrogen (secondary N) is 1. The Morgan fingerprint density at radius 1 is 0.828 bits per heavy atom. The summed E-state index contributed by atoms with van der Waals surface area (Å²) in [5.41, 5.74) is 0.293. The van der Waals surface area contributed by atoms with Gasteiger partial charge in [0, 0.05) is 12.0 Å². The van der Waals surface area contributed by atoms with E-state index < -0.39 is 24.4 Å². The van der Waals surface area contributed by atoms with E-state index in [1.54, 1.807) is 43.5 Å². The lowest BCUT2D eigenvalue weighted by Crippen LogP contribution is -2.34. The van der Waals surface area contributed by atoms with E-state index in [0.29, 0.717) is 30.1 Å². The highest BCUT2D eigenvalue weighted by molar-refractivity contribution is 6.05. The Labute approximate surface area is 168 Å². The van der Waals surface area contributed by atoms with Crippen LogP contribution in [0, 0.1) is 0 Å². The largest absolute Gasteiger partial charge is 0.497 e. The van der Waals surface area contributed by atoms with Gasteiger partial charge in [-0.25, -0.2) is 0 Å². The van der Waals surface area contributed by atoms with Crippen molar-refractivity contribution in [2.75, 3.05) is 27.4 Å². The molecule has 0 saturated heterocycles. The van der Waals surface area contributed by atoms with E-state index in [4.69, 9.17) is 18.9 Å². The lowest BCUT2D eigenvalue weighted by Gasteiger charge is -2.08. The first kappa shape index (κ1) is 21.7. The Morgan fingerprint density at radius 2 is 1.38 bits per heavy atom. The van der Waals surface area contributed by atoms with Gasteiger partial charge in [0.1, 0.15) is 17.2 Å². The van der Waals surface area contributed by atoms with Crippen LogP contribution in [0.15, 0.2) is 48.5 Å². The summed E-state index contributed by atoms with van der Waals surface area (Å²) < 4.78 is 20.4. The number of methoxy groups -OCH3 is 2. The lowest BCUT2D eigenvalue weighted by molar-refractivity contribution is -0.148. The molecule has 0 atom stereocenters. The Balaban J connectivity index is 1.62. The lowest BCUT2D eigenvalue weighted by atomic mass is 10.2. The Kier molecular flexibility index (Phi) is 8.50. The molecule has 0 saturated carbocycles. The zero-order valence-corrected chi connectivity index (χ0v) is 16.3. The third kappa shape index (κ3) is 7.53. The maximum Gasteiger partial charge on any atom is 0.306 e. The summed E-state index contributed by atoms with van der Waals surface area (Å²) in [5, 5.41) is 2.16. The molecule has 2 aromatic carbocycles. The van der Waals surface area contributed by atoms with Crippen LogP contribution in [0.1, 0.15) is 23.2 Å². The molecule has 29 heavy (non-hydrogen) atoms. The second-order valence-electron chi connectivity index (χ2n) is 5.89. The van der Waals surface area contributed by atoms with Crippen molar-refractivity contribution in [2.45, 2.75) is 12.8 Å². The quantitative estimate of drug-likeness (QED) is 0.482. The van der Waals surface area contributed by atoms with Crippen LogP contribution in [-0.4, -0.2) is 45.2 Å². The summed E-state index contributed by atoms with van der Waals surface area (Å²) in [6, 6.07) is 13.3. The number of imide groups is 1. The molecule has 0 fully saturated rings. The first-order chi connectivity index (χ1) is 14.0. The van der Waals surface area contributed by atoms with Crippen molar-refractivity contribution in [3.63, 3.8) is 0 Å². The molecule has 154 valence electrons. The summed E-state index contributed by atoms with van der Waals surface area (Å²) in [6.07, 6.45) is 0.521. The van der Waals surface area contributed by atoms with Gasteiger partial charge in [-0.1, -0.05) is 0 Å². The molecule has 8 heteroatoms. The molecule has 0 aliphatic rings. The predicted molar refractivity (Wildman–Crippen MR) is 104 cm³/mol. The average Bonchev–Trinajstić information content (AvgIpc) is 2.75. The normalized spacial score (nSPS) is 10.0. The van der Waals surface area contributed by atoms with Crippen LogP contribution < -0.4 is 19.5 Å². The predicted octanol–water partition coefficient (Wildman–Crippen LogP) is 2.36. The monoisotopic (exact) mass is 401 g/mol. The van der Waals surface area contributed by atoms with Crippen LogP contribution in [-0.2, 0) is 14.3 Å². The van der Waals surface area contributed by atoms with Crippen molar-refractivity contribution in [1.82, 2.24) is 5.32 Å². The Hall–Kier alpha value is -3.55. The maximum absolute atomic E-state index is 11.9. The average molecular weight is 401 g/mol.